The second kappa shape index (κ2) is 4.88. The van der Waals surface area contributed by atoms with Crippen LogP contribution in [0.25, 0.3) is 5.70 Å². The molecule has 3 rings (SSSR count). The van der Waals surface area contributed by atoms with Crippen LogP contribution in [0.1, 0.15) is 12.5 Å². The molecular weight excluding hydrogens is 256 g/mol. The van der Waals surface area contributed by atoms with Gasteiger partial charge >= 0.3 is 5.97 Å². The Labute approximate surface area is 116 Å². The molecular formula is C14H14N4O2. The fourth-order valence-electron chi connectivity index (χ4n) is 2.15. The Kier molecular flexibility index (Phi) is 3.06. The molecule has 0 fully saturated rings. The normalized spacial score (nSPS) is 20.1. The SMILES string of the molecule is CCOC(=O)C1=CC2C=C(c3cnn(C)c3)N=CC2=N1. The van der Waals surface area contributed by atoms with E-state index in [1.54, 1.807) is 30.1 Å². The van der Waals surface area contributed by atoms with E-state index in [-0.39, 0.29) is 11.9 Å². The topological polar surface area (TPSA) is 68.8 Å². The number of hydrogen-bond donors (Lipinski definition) is 0. The van der Waals surface area contributed by atoms with E-state index in [2.05, 4.69) is 15.1 Å². The lowest BCUT2D eigenvalue weighted by Gasteiger charge is -2.10. The number of esters is 1. The van der Waals surface area contributed by atoms with Crippen molar-refractivity contribution in [3.05, 3.63) is 35.8 Å². The molecule has 0 spiro atoms. The molecule has 2 aliphatic heterocycles. The molecule has 0 saturated carbocycles. The van der Waals surface area contributed by atoms with E-state index in [0.29, 0.717) is 12.3 Å². The van der Waals surface area contributed by atoms with Crippen molar-refractivity contribution in [2.75, 3.05) is 6.61 Å². The van der Waals surface area contributed by atoms with Gasteiger partial charge < -0.3 is 4.74 Å². The van der Waals surface area contributed by atoms with Crippen LogP contribution in [-0.4, -0.2) is 34.3 Å². The van der Waals surface area contributed by atoms with Crippen LogP contribution >= 0.6 is 0 Å². The zero-order valence-corrected chi connectivity index (χ0v) is 11.3. The van der Waals surface area contributed by atoms with Crippen LogP contribution < -0.4 is 0 Å². The summed E-state index contributed by atoms with van der Waals surface area (Å²) < 4.78 is 6.68. The molecule has 1 atom stereocenters. The van der Waals surface area contributed by atoms with Crippen LogP contribution in [0.2, 0.25) is 0 Å². The standard InChI is InChI=1S/C14H14N4O2/c1-3-20-14(19)12-5-9-4-11(15-7-13(9)17-12)10-6-16-18(2)8-10/h4-9H,3H2,1-2H3. The van der Waals surface area contributed by atoms with Crippen molar-refractivity contribution in [3.63, 3.8) is 0 Å². The van der Waals surface area contributed by atoms with Gasteiger partial charge in [-0.1, -0.05) is 0 Å². The molecule has 0 radical (unpaired) electrons. The van der Waals surface area contributed by atoms with Crippen LogP contribution in [0.3, 0.4) is 0 Å². The molecule has 1 aromatic heterocycles. The molecule has 1 unspecified atom stereocenters. The predicted octanol–water partition coefficient (Wildman–Crippen LogP) is 1.36. The smallest absolute Gasteiger partial charge is 0.356 e. The highest BCUT2D eigenvalue weighted by Crippen LogP contribution is 2.27. The van der Waals surface area contributed by atoms with Gasteiger partial charge in [-0.05, 0) is 19.1 Å². The minimum absolute atomic E-state index is 0.0258. The van der Waals surface area contributed by atoms with Gasteiger partial charge in [0.2, 0.25) is 0 Å². The summed E-state index contributed by atoms with van der Waals surface area (Å²) >= 11 is 0. The summed E-state index contributed by atoms with van der Waals surface area (Å²) in [5, 5.41) is 4.13. The first-order valence-electron chi connectivity index (χ1n) is 6.40. The van der Waals surface area contributed by atoms with Crippen molar-refractivity contribution in [3.8, 4) is 0 Å². The number of ether oxygens (including phenoxy) is 1. The molecule has 0 saturated heterocycles. The quantitative estimate of drug-likeness (QED) is 0.779. The van der Waals surface area contributed by atoms with E-state index in [1.807, 2.05) is 19.3 Å². The Morgan fingerprint density at radius 1 is 1.45 bits per heavy atom. The van der Waals surface area contributed by atoms with E-state index in [9.17, 15) is 4.79 Å². The second-order valence-electron chi connectivity index (χ2n) is 4.55. The molecule has 6 heteroatoms. The van der Waals surface area contributed by atoms with Gasteiger partial charge in [0.25, 0.3) is 0 Å². The van der Waals surface area contributed by atoms with Gasteiger partial charge in [0.1, 0.15) is 5.70 Å². The van der Waals surface area contributed by atoms with Crippen LogP contribution in [0.5, 0.6) is 0 Å². The van der Waals surface area contributed by atoms with Gasteiger partial charge in [-0.15, -0.1) is 0 Å². The Balaban J connectivity index is 1.86. The number of fused-ring (bicyclic) bond motifs is 1. The number of hydrogen-bond acceptors (Lipinski definition) is 5. The molecule has 0 aromatic carbocycles. The molecule has 102 valence electrons. The Morgan fingerprint density at radius 3 is 3.00 bits per heavy atom. The lowest BCUT2D eigenvalue weighted by molar-refractivity contribution is -0.138. The van der Waals surface area contributed by atoms with Gasteiger partial charge in [-0.25, -0.2) is 9.79 Å². The first-order chi connectivity index (χ1) is 9.67. The summed E-state index contributed by atoms with van der Waals surface area (Å²) in [5.41, 5.74) is 2.90. The lowest BCUT2D eigenvalue weighted by Crippen LogP contribution is -2.12. The second-order valence-corrected chi connectivity index (χ2v) is 4.55. The van der Waals surface area contributed by atoms with E-state index in [0.717, 1.165) is 17.0 Å². The molecule has 0 N–H and O–H groups in total. The van der Waals surface area contributed by atoms with Crippen molar-refractivity contribution >= 4 is 23.6 Å². The molecule has 20 heavy (non-hydrogen) atoms. The first kappa shape index (κ1) is 12.5. The van der Waals surface area contributed by atoms with Crippen molar-refractivity contribution in [1.29, 1.82) is 0 Å². The zero-order valence-electron chi connectivity index (χ0n) is 11.3. The van der Waals surface area contributed by atoms with Crippen LogP contribution in [0.15, 0.2) is 40.2 Å². The first-order valence-corrected chi connectivity index (χ1v) is 6.40. The molecule has 0 bridgehead atoms. The monoisotopic (exact) mass is 270 g/mol. The minimum Gasteiger partial charge on any atom is -0.461 e. The van der Waals surface area contributed by atoms with Gasteiger partial charge in [0.15, 0.2) is 0 Å². The van der Waals surface area contributed by atoms with Gasteiger partial charge in [-0.2, -0.15) is 5.10 Å². The zero-order chi connectivity index (χ0) is 14.1. The maximum atomic E-state index is 11.7. The third-order valence-electron chi connectivity index (χ3n) is 3.09. The third kappa shape index (κ3) is 2.20. The number of carbonyl (C=O) groups is 1. The summed E-state index contributed by atoms with van der Waals surface area (Å²) in [6.45, 7) is 2.12. The summed E-state index contributed by atoms with van der Waals surface area (Å²) in [5.74, 6) is -0.416. The Hall–Kier alpha value is -2.50. The third-order valence-corrected chi connectivity index (χ3v) is 3.09. The van der Waals surface area contributed by atoms with Crippen LogP contribution in [-0.2, 0) is 16.6 Å². The maximum Gasteiger partial charge on any atom is 0.356 e. The highest BCUT2D eigenvalue weighted by atomic mass is 16.5. The Bertz CT molecular complexity index is 679. The van der Waals surface area contributed by atoms with Crippen LogP contribution in [0, 0.1) is 5.92 Å². The number of nitrogens with zero attached hydrogens (tertiary/aromatic N) is 4. The number of carbonyl (C=O) groups excluding carboxylic acids is 1. The predicted molar refractivity (Wildman–Crippen MR) is 75.3 cm³/mol. The van der Waals surface area contributed by atoms with E-state index < -0.39 is 0 Å². The molecule has 0 amide bonds. The molecule has 1 aromatic rings. The highest BCUT2D eigenvalue weighted by Gasteiger charge is 2.26. The van der Waals surface area contributed by atoms with Crippen molar-refractivity contribution < 1.29 is 9.53 Å². The number of aromatic nitrogens is 2. The highest BCUT2D eigenvalue weighted by molar-refractivity contribution is 6.36. The number of aryl methyl sites for hydroxylation is 1. The van der Waals surface area contributed by atoms with E-state index in [1.165, 1.54) is 0 Å². The number of allylic oxidation sites excluding steroid dienone is 2. The summed E-state index contributed by atoms with van der Waals surface area (Å²) in [7, 11) is 1.86. The van der Waals surface area contributed by atoms with Gasteiger partial charge in [0, 0.05) is 30.9 Å². The molecule has 3 heterocycles. The average Bonchev–Trinajstić information content (AvgIpc) is 3.04. The average molecular weight is 270 g/mol. The summed E-state index contributed by atoms with van der Waals surface area (Å²) in [6.07, 6.45) is 9.12. The minimum atomic E-state index is -0.390. The van der Waals surface area contributed by atoms with E-state index >= 15 is 0 Å². The van der Waals surface area contributed by atoms with Gasteiger partial charge in [-0.3, -0.25) is 9.67 Å². The molecule has 6 nitrogen and oxygen atoms in total. The molecule has 0 aliphatic carbocycles. The Morgan fingerprint density at radius 2 is 2.30 bits per heavy atom. The van der Waals surface area contributed by atoms with Crippen molar-refractivity contribution in [2.24, 2.45) is 23.0 Å². The van der Waals surface area contributed by atoms with Crippen LogP contribution in [0.4, 0.5) is 0 Å². The fraction of sp³-hybridized carbons (Fsp3) is 0.286. The maximum absolute atomic E-state index is 11.7. The van der Waals surface area contributed by atoms with Crippen molar-refractivity contribution in [2.45, 2.75) is 6.92 Å². The molecule has 2 aliphatic rings. The van der Waals surface area contributed by atoms with Gasteiger partial charge in [0.05, 0.1) is 24.2 Å². The fourth-order valence-corrected chi connectivity index (χ4v) is 2.15. The largest absolute Gasteiger partial charge is 0.461 e. The summed E-state index contributed by atoms with van der Waals surface area (Å²) in [6, 6.07) is 0. The van der Waals surface area contributed by atoms with E-state index in [4.69, 9.17) is 4.74 Å². The lowest BCUT2D eigenvalue weighted by atomic mass is 10.00. The summed E-state index contributed by atoms with van der Waals surface area (Å²) in [4.78, 5) is 20.3. The number of rotatable bonds is 3. The number of aliphatic imine (C=N–C) groups is 2. The van der Waals surface area contributed by atoms with Crippen molar-refractivity contribution in [1.82, 2.24) is 9.78 Å².